The van der Waals surface area contributed by atoms with Crippen molar-refractivity contribution in [2.45, 2.75) is 18.3 Å². The Morgan fingerprint density at radius 3 is 2.48 bits per heavy atom. The van der Waals surface area contributed by atoms with Crippen molar-refractivity contribution in [2.24, 2.45) is 0 Å². The molecule has 0 saturated carbocycles. The van der Waals surface area contributed by atoms with Gasteiger partial charge in [0.05, 0.1) is 0 Å². The molecule has 4 heteroatoms. The summed E-state index contributed by atoms with van der Waals surface area (Å²) in [7, 11) is 0. The van der Waals surface area contributed by atoms with Crippen molar-refractivity contribution in [3.63, 3.8) is 0 Å². The third-order valence-corrected chi connectivity index (χ3v) is 4.71. The smallest absolute Gasteiger partial charge is 0.295 e. The van der Waals surface area contributed by atoms with Crippen LogP contribution < -0.4 is 5.32 Å². The number of hydrogen-bond donors (Lipinski definition) is 1. The van der Waals surface area contributed by atoms with Crippen molar-refractivity contribution < 1.29 is 9.15 Å². The van der Waals surface area contributed by atoms with Crippen LogP contribution in [0.2, 0.25) is 0 Å². The molecule has 118 valence electrons. The molecule has 0 atom stereocenters. The molecular formula is C19H20N2O2. The average Bonchev–Trinajstić information content (AvgIpc) is 3.05. The highest BCUT2D eigenvalue weighted by Gasteiger charge is 2.34. The summed E-state index contributed by atoms with van der Waals surface area (Å²) in [4.78, 5) is 4.51. The summed E-state index contributed by atoms with van der Waals surface area (Å²) in [6.07, 6.45) is 2.01. The first kappa shape index (κ1) is 14.3. The predicted molar refractivity (Wildman–Crippen MR) is 90.7 cm³/mol. The topological polar surface area (TPSA) is 47.3 Å². The Hall–Kier alpha value is -2.33. The third-order valence-electron chi connectivity index (χ3n) is 4.71. The standard InChI is InChI=1S/C19H20N2O2/c1-2-6-15(7-3-1)19(10-12-22-13-11-19)14-20-18-21-16-8-4-5-9-17(16)23-18/h1-9H,10-14H2,(H,20,21). The van der Waals surface area contributed by atoms with Gasteiger partial charge in [0, 0.05) is 25.2 Å². The normalized spacial score (nSPS) is 17.2. The van der Waals surface area contributed by atoms with Crippen molar-refractivity contribution in [1.82, 2.24) is 4.98 Å². The summed E-state index contributed by atoms with van der Waals surface area (Å²) in [5, 5.41) is 3.41. The summed E-state index contributed by atoms with van der Waals surface area (Å²) in [6, 6.07) is 19.1. The van der Waals surface area contributed by atoms with Crippen LogP contribution in [0.4, 0.5) is 6.01 Å². The average molecular weight is 308 g/mol. The van der Waals surface area contributed by atoms with Gasteiger partial charge in [-0.05, 0) is 30.5 Å². The number of aromatic nitrogens is 1. The van der Waals surface area contributed by atoms with Crippen LogP contribution >= 0.6 is 0 Å². The van der Waals surface area contributed by atoms with E-state index >= 15 is 0 Å². The maximum absolute atomic E-state index is 5.79. The molecule has 2 heterocycles. The number of benzene rings is 2. The number of fused-ring (bicyclic) bond motifs is 1. The largest absolute Gasteiger partial charge is 0.424 e. The number of para-hydroxylation sites is 2. The number of nitrogens with one attached hydrogen (secondary N) is 1. The van der Waals surface area contributed by atoms with E-state index in [1.54, 1.807) is 0 Å². The number of ether oxygens (including phenoxy) is 1. The molecule has 1 saturated heterocycles. The van der Waals surface area contributed by atoms with E-state index in [4.69, 9.17) is 9.15 Å². The molecule has 1 aliphatic heterocycles. The highest BCUT2D eigenvalue weighted by atomic mass is 16.5. The zero-order valence-electron chi connectivity index (χ0n) is 13.0. The number of oxazole rings is 1. The summed E-state index contributed by atoms with van der Waals surface area (Å²) >= 11 is 0. The molecule has 3 aromatic rings. The molecule has 4 rings (SSSR count). The highest BCUT2D eigenvalue weighted by molar-refractivity contribution is 5.74. The van der Waals surface area contributed by atoms with E-state index in [1.807, 2.05) is 24.3 Å². The van der Waals surface area contributed by atoms with Gasteiger partial charge in [0.15, 0.2) is 5.58 Å². The van der Waals surface area contributed by atoms with Gasteiger partial charge in [0.25, 0.3) is 6.01 Å². The monoisotopic (exact) mass is 308 g/mol. The first-order chi connectivity index (χ1) is 11.4. The Morgan fingerprint density at radius 1 is 0.957 bits per heavy atom. The molecule has 1 N–H and O–H groups in total. The number of rotatable bonds is 4. The van der Waals surface area contributed by atoms with Crippen LogP contribution in [0.15, 0.2) is 59.0 Å². The molecule has 1 aromatic heterocycles. The van der Waals surface area contributed by atoms with Crippen LogP contribution in [0.1, 0.15) is 18.4 Å². The lowest BCUT2D eigenvalue weighted by molar-refractivity contribution is 0.0542. The summed E-state index contributed by atoms with van der Waals surface area (Å²) < 4.78 is 11.4. The van der Waals surface area contributed by atoms with Gasteiger partial charge in [-0.25, -0.2) is 0 Å². The van der Waals surface area contributed by atoms with E-state index < -0.39 is 0 Å². The second-order valence-electron chi connectivity index (χ2n) is 6.10. The molecular weight excluding hydrogens is 288 g/mol. The fourth-order valence-corrected chi connectivity index (χ4v) is 3.31. The lowest BCUT2D eigenvalue weighted by Crippen LogP contribution is -2.40. The molecule has 23 heavy (non-hydrogen) atoms. The van der Waals surface area contributed by atoms with Gasteiger partial charge in [-0.2, -0.15) is 4.98 Å². The maximum Gasteiger partial charge on any atom is 0.295 e. The van der Waals surface area contributed by atoms with Crippen LogP contribution in [0, 0.1) is 0 Å². The van der Waals surface area contributed by atoms with E-state index in [1.165, 1.54) is 5.56 Å². The first-order valence-corrected chi connectivity index (χ1v) is 8.09. The van der Waals surface area contributed by atoms with Crippen molar-refractivity contribution in [2.75, 3.05) is 25.1 Å². The van der Waals surface area contributed by atoms with Gasteiger partial charge in [-0.3, -0.25) is 0 Å². The minimum absolute atomic E-state index is 0.0696. The number of anilines is 1. The second kappa shape index (κ2) is 6.05. The van der Waals surface area contributed by atoms with Crippen LogP contribution in [0.25, 0.3) is 11.1 Å². The molecule has 1 fully saturated rings. The fraction of sp³-hybridized carbons (Fsp3) is 0.316. The molecule has 2 aromatic carbocycles. The van der Waals surface area contributed by atoms with Gasteiger partial charge < -0.3 is 14.5 Å². The number of hydrogen-bond acceptors (Lipinski definition) is 4. The highest BCUT2D eigenvalue weighted by Crippen LogP contribution is 2.35. The molecule has 0 bridgehead atoms. The van der Waals surface area contributed by atoms with Gasteiger partial charge in [0.2, 0.25) is 0 Å². The Labute approximate surface area is 135 Å². The van der Waals surface area contributed by atoms with Crippen molar-refractivity contribution in [3.05, 3.63) is 60.2 Å². The SMILES string of the molecule is c1ccc(C2(CNc3nc4ccccc4o3)CCOCC2)cc1. The Morgan fingerprint density at radius 2 is 1.70 bits per heavy atom. The van der Waals surface area contributed by atoms with Crippen molar-refractivity contribution >= 4 is 17.1 Å². The Kier molecular flexibility index (Phi) is 3.75. The van der Waals surface area contributed by atoms with Crippen LogP contribution in [-0.2, 0) is 10.2 Å². The predicted octanol–water partition coefficient (Wildman–Crippen LogP) is 3.99. The maximum atomic E-state index is 5.79. The van der Waals surface area contributed by atoms with Gasteiger partial charge >= 0.3 is 0 Å². The Balaban J connectivity index is 1.58. The van der Waals surface area contributed by atoms with Gasteiger partial charge in [0.1, 0.15) is 5.52 Å². The quantitative estimate of drug-likeness (QED) is 0.791. The van der Waals surface area contributed by atoms with Crippen molar-refractivity contribution in [3.8, 4) is 0 Å². The molecule has 0 unspecified atom stereocenters. The number of nitrogens with zero attached hydrogens (tertiary/aromatic N) is 1. The molecule has 0 spiro atoms. The van der Waals surface area contributed by atoms with E-state index in [2.05, 4.69) is 40.6 Å². The first-order valence-electron chi connectivity index (χ1n) is 8.09. The van der Waals surface area contributed by atoms with Crippen molar-refractivity contribution in [1.29, 1.82) is 0 Å². The van der Waals surface area contributed by atoms with Gasteiger partial charge in [-0.1, -0.05) is 42.5 Å². The second-order valence-corrected chi connectivity index (χ2v) is 6.10. The minimum atomic E-state index is 0.0696. The molecule has 0 radical (unpaired) electrons. The molecule has 1 aliphatic rings. The van der Waals surface area contributed by atoms with Crippen LogP contribution in [0.5, 0.6) is 0 Å². The Bertz CT molecular complexity index is 743. The molecule has 0 aliphatic carbocycles. The summed E-state index contributed by atoms with van der Waals surface area (Å²) in [5.74, 6) is 0. The third kappa shape index (κ3) is 2.82. The lowest BCUT2D eigenvalue weighted by Gasteiger charge is -2.37. The van der Waals surface area contributed by atoms with Gasteiger partial charge in [-0.15, -0.1) is 0 Å². The minimum Gasteiger partial charge on any atom is -0.424 e. The zero-order chi connectivity index (χ0) is 15.5. The lowest BCUT2D eigenvalue weighted by atomic mass is 9.74. The zero-order valence-corrected chi connectivity index (χ0v) is 13.0. The summed E-state index contributed by atoms with van der Waals surface area (Å²) in [5.41, 5.74) is 3.12. The van der Waals surface area contributed by atoms with E-state index in [9.17, 15) is 0 Å². The summed E-state index contributed by atoms with van der Waals surface area (Å²) in [6.45, 7) is 2.39. The van der Waals surface area contributed by atoms with E-state index in [0.717, 1.165) is 43.7 Å². The molecule has 4 nitrogen and oxygen atoms in total. The molecule has 0 amide bonds. The van der Waals surface area contributed by atoms with Crippen LogP contribution in [-0.4, -0.2) is 24.7 Å². The van der Waals surface area contributed by atoms with E-state index in [0.29, 0.717) is 6.01 Å². The van der Waals surface area contributed by atoms with Crippen LogP contribution in [0.3, 0.4) is 0 Å². The fourth-order valence-electron chi connectivity index (χ4n) is 3.31. The van der Waals surface area contributed by atoms with E-state index in [-0.39, 0.29) is 5.41 Å².